The molecule has 0 bridgehead atoms. The van der Waals surface area contributed by atoms with Gasteiger partial charge in [0.25, 0.3) is 0 Å². The molecule has 1 heterocycles. The van der Waals surface area contributed by atoms with Gasteiger partial charge in [-0.05, 0) is 24.6 Å². The Morgan fingerprint density at radius 2 is 1.90 bits per heavy atom. The van der Waals surface area contributed by atoms with E-state index in [1.54, 1.807) is 19.2 Å². The Bertz CT molecular complexity index is 932. The Morgan fingerprint density at radius 1 is 1.14 bits per heavy atom. The highest BCUT2D eigenvalue weighted by molar-refractivity contribution is 14.0. The number of hydrogen-bond donors (Lipinski definition) is 2. The fourth-order valence-electron chi connectivity index (χ4n) is 2.81. The molecule has 0 saturated heterocycles. The number of nitrogens with one attached hydrogen (secondary N) is 2. The van der Waals surface area contributed by atoms with E-state index in [1.165, 1.54) is 5.56 Å². The van der Waals surface area contributed by atoms with Gasteiger partial charge in [-0.1, -0.05) is 66.1 Å². The van der Waals surface area contributed by atoms with Crippen molar-refractivity contribution >= 4 is 41.5 Å². The smallest absolute Gasteiger partial charge is 0.246 e. The maximum Gasteiger partial charge on any atom is 0.246 e. The van der Waals surface area contributed by atoms with Crippen molar-refractivity contribution in [1.82, 2.24) is 20.8 Å². The van der Waals surface area contributed by atoms with Gasteiger partial charge in [-0.2, -0.15) is 4.98 Å². The summed E-state index contributed by atoms with van der Waals surface area (Å²) in [4.78, 5) is 8.69. The number of aromatic nitrogens is 2. The summed E-state index contributed by atoms with van der Waals surface area (Å²) in [7, 11) is 1.74. The lowest BCUT2D eigenvalue weighted by molar-refractivity contribution is 0.375. The van der Waals surface area contributed by atoms with Crippen LogP contribution in [0.2, 0.25) is 5.02 Å². The molecular weight excluding hydrogens is 501 g/mol. The van der Waals surface area contributed by atoms with Crippen LogP contribution in [0.4, 0.5) is 0 Å². The summed E-state index contributed by atoms with van der Waals surface area (Å²) in [6.45, 7) is 4.70. The zero-order valence-corrected chi connectivity index (χ0v) is 19.7. The second-order valence-corrected chi connectivity index (χ2v) is 7.02. The highest BCUT2D eigenvalue weighted by Gasteiger charge is 2.16. The minimum Gasteiger partial charge on any atom is -0.353 e. The molecular formula is C21H25ClIN5O. The highest BCUT2D eigenvalue weighted by Crippen LogP contribution is 2.20. The summed E-state index contributed by atoms with van der Waals surface area (Å²) < 4.78 is 5.33. The molecule has 2 aromatic carbocycles. The average molecular weight is 526 g/mol. The molecule has 2 unspecified atom stereocenters. The van der Waals surface area contributed by atoms with Gasteiger partial charge in [0.05, 0.1) is 6.54 Å². The van der Waals surface area contributed by atoms with E-state index in [0.717, 1.165) is 5.56 Å². The van der Waals surface area contributed by atoms with Crippen LogP contribution in [0.3, 0.4) is 0 Å². The van der Waals surface area contributed by atoms with Gasteiger partial charge in [-0.3, -0.25) is 4.99 Å². The number of hydrogen-bond acceptors (Lipinski definition) is 4. The summed E-state index contributed by atoms with van der Waals surface area (Å²) in [5, 5.41) is 11.3. The Morgan fingerprint density at radius 3 is 2.59 bits per heavy atom. The zero-order chi connectivity index (χ0) is 19.9. The van der Waals surface area contributed by atoms with Crippen LogP contribution in [0.25, 0.3) is 11.4 Å². The van der Waals surface area contributed by atoms with Crippen molar-refractivity contribution in [2.75, 3.05) is 7.05 Å². The van der Waals surface area contributed by atoms with Gasteiger partial charge in [-0.15, -0.1) is 24.0 Å². The molecule has 8 heteroatoms. The van der Waals surface area contributed by atoms with Crippen molar-refractivity contribution in [2.24, 2.45) is 4.99 Å². The predicted octanol–water partition coefficient (Wildman–Crippen LogP) is 4.87. The molecule has 3 rings (SSSR count). The number of aliphatic imine (C=N–C) groups is 1. The monoisotopic (exact) mass is 525 g/mol. The first-order chi connectivity index (χ1) is 13.6. The molecule has 0 spiro atoms. The van der Waals surface area contributed by atoms with Gasteiger partial charge >= 0.3 is 0 Å². The quantitative estimate of drug-likeness (QED) is 0.273. The zero-order valence-electron chi connectivity index (χ0n) is 16.6. The molecule has 154 valence electrons. The van der Waals surface area contributed by atoms with Gasteiger partial charge < -0.3 is 15.2 Å². The normalized spacial score (nSPS) is 13.3. The summed E-state index contributed by atoms with van der Waals surface area (Å²) in [5.74, 6) is 1.99. The Labute approximate surface area is 193 Å². The van der Waals surface area contributed by atoms with Gasteiger partial charge in [0.1, 0.15) is 0 Å². The highest BCUT2D eigenvalue weighted by atomic mass is 127. The summed E-state index contributed by atoms with van der Waals surface area (Å²) in [5.41, 5.74) is 2.09. The number of benzene rings is 2. The van der Waals surface area contributed by atoms with E-state index in [1.807, 2.05) is 18.2 Å². The molecule has 3 aromatic rings. The molecule has 1 aromatic heterocycles. The molecule has 0 aliphatic carbocycles. The maximum absolute atomic E-state index is 6.02. The second-order valence-electron chi connectivity index (χ2n) is 6.58. The topological polar surface area (TPSA) is 75.3 Å². The largest absolute Gasteiger partial charge is 0.353 e. The number of rotatable bonds is 6. The van der Waals surface area contributed by atoms with Crippen LogP contribution in [-0.4, -0.2) is 29.2 Å². The SMILES string of the molecule is CN=C(NCc1nc(-c2cccc(Cl)c2)no1)NC(C)C(C)c1ccccc1.I. The molecule has 6 nitrogen and oxygen atoms in total. The van der Waals surface area contributed by atoms with Crippen LogP contribution in [0, 0.1) is 0 Å². The Hall–Kier alpha value is -2.13. The number of nitrogens with zero attached hydrogens (tertiary/aromatic N) is 3. The van der Waals surface area contributed by atoms with E-state index in [4.69, 9.17) is 16.1 Å². The maximum atomic E-state index is 6.02. The lowest BCUT2D eigenvalue weighted by atomic mass is 9.94. The van der Waals surface area contributed by atoms with Crippen molar-refractivity contribution in [3.63, 3.8) is 0 Å². The van der Waals surface area contributed by atoms with Crippen LogP contribution >= 0.6 is 35.6 Å². The van der Waals surface area contributed by atoms with Crippen molar-refractivity contribution in [3.8, 4) is 11.4 Å². The molecule has 29 heavy (non-hydrogen) atoms. The third-order valence-corrected chi connectivity index (χ3v) is 4.86. The van der Waals surface area contributed by atoms with E-state index < -0.39 is 0 Å². The van der Waals surface area contributed by atoms with Crippen molar-refractivity contribution in [1.29, 1.82) is 0 Å². The van der Waals surface area contributed by atoms with Gasteiger partial charge in [0, 0.05) is 29.6 Å². The van der Waals surface area contributed by atoms with Crippen LogP contribution < -0.4 is 10.6 Å². The summed E-state index contributed by atoms with van der Waals surface area (Å²) in [6.07, 6.45) is 0. The first-order valence-corrected chi connectivity index (χ1v) is 9.55. The Kier molecular flexibility index (Phi) is 8.91. The minimum absolute atomic E-state index is 0. The Balaban J connectivity index is 0.00000300. The third-order valence-electron chi connectivity index (χ3n) is 4.62. The fraction of sp³-hybridized carbons (Fsp3) is 0.286. The third kappa shape index (κ3) is 6.43. The van der Waals surface area contributed by atoms with Gasteiger partial charge in [-0.25, -0.2) is 0 Å². The molecule has 2 N–H and O–H groups in total. The van der Waals surface area contributed by atoms with Crippen molar-refractivity contribution < 1.29 is 4.52 Å². The van der Waals surface area contributed by atoms with E-state index in [-0.39, 0.29) is 30.0 Å². The number of halogens is 2. The van der Waals surface area contributed by atoms with Crippen LogP contribution in [0.15, 0.2) is 64.1 Å². The lowest BCUT2D eigenvalue weighted by Gasteiger charge is -2.23. The van der Waals surface area contributed by atoms with E-state index in [9.17, 15) is 0 Å². The molecule has 0 radical (unpaired) electrons. The van der Waals surface area contributed by atoms with Crippen LogP contribution in [0.5, 0.6) is 0 Å². The lowest BCUT2D eigenvalue weighted by Crippen LogP contribution is -2.43. The molecule has 0 saturated carbocycles. The number of guanidine groups is 1. The first kappa shape index (κ1) is 23.2. The van der Waals surface area contributed by atoms with E-state index in [2.05, 4.69) is 63.9 Å². The van der Waals surface area contributed by atoms with E-state index in [0.29, 0.717) is 35.2 Å². The molecule has 0 fully saturated rings. The molecule has 0 aliphatic heterocycles. The molecule has 0 aliphatic rings. The van der Waals surface area contributed by atoms with Crippen LogP contribution in [-0.2, 0) is 6.54 Å². The van der Waals surface area contributed by atoms with Gasteiger partial charge in [0.15, 0.2) is 5.96 Å². The van der Waals surface area contributed by atoms with Gasteiger partial charge in [0.2, 0.25) is 11.7 Å². The van der Waals surface area contributed by atoms with E-state index >= 15 is 0 Å². The summed E-state index contributed by atoms with van der Waals surface area (Å²) in [6, 6.07) is 17.9. The standard InChI is InChI=1S/C21H24ClN5O.HI/c1-14(16-8-5-4-6-9-16)15(2)25-21(23-3)24-13-19-26-20(27-28-19)17-10-7-11-18(22)12-17;/h4-12,14-15H,13H2,1-3H3,(H2,23,24,25);1H. The average Bonchev–Trinajstić information content (AvgIpc) is 3.20. The summed E-state index contributed by atoms with van der Waals surface area (Å²) >= 11 is 6.02. The first-order valence-electron chi connectivity index (χ1n) is 9.17. The molecule has 2 atom stereocenters. The van der Waals surface area contributed by atoms with Crippen molar-refractivity contribution in [2.45, 2.75) is 32.4 Å². The second kappa shape index (κ2) is 11.2. The predicted molar refractivity (Wildman–Crippen MR) is 128 cm³/mol. The molecule has 0 amide bonds. The van der Waals surface area contributed by atoms with Crippen molar-refractivity contribution in [3.05, 3.63) is 71.1 Å². The minimum atomic E-state index is 0. The van der Waals surface area contributed by atoms with Crippen LogP contribution in [0.1, 0.15) is 31.2 Å². The fourth-order valence-corrected chi connectivity index (χ4v) is 3.00.